The van der Waals surface area contributed by atoms with Gasteiger partial charge < -0.3 is 4.74 Å². The van der Waals surface area contributed by atoms with E-state index in [1.165, 1.54) is 31.2 Å². The van der Waals surface area contributed by atoms with Crippen molar-refractivity contribution < 1.29 is 17.9 Å². The van der Waals surface area contributed by atoms with Gasteiger partial charge in [0, 0.05) is 18.2 Å². The Morgan fingerprint density at radius 2 is 1.90 bits per heavy atom. The largest absolute Gasteiger partial charge is 0.375 e. The second-order valence-corrected chi connectivity index (χ2v) is 7.71. The molecule has 21 heavy (non-hydrogen) atoms. The Balaban J connectivity index is 2.13. The molecule has 0 bridgehead atoms. The molecule has 1 heterocycles. The van der Waals surface area contributed by atoms with E-state index in [0.717, 1.165) is 0 Å². The van der Waals surface area contributed by atoms with Crippen LogP contribution in [0.2, 0.25) is 0 Å². The van der Waals surface area contributed by atoms with Crippen LogP contribution in [-0.2, 0) is 14.8 Å². The molecule has 1 aromatic rings. The van der Waals surface area contributed by atoms with Crippen molar-refractivity contribution in [2.75, 3.05) is 6.61 Å². The number of rotatable bonds is 4. The summed E-state index contributed by atoms with van der Waals surface area (Å²) in [6, 6.07) is 5.86. The van der Waals surface area contributed by atoms with Crippen LogP contribution in [0.1, 0.15) is 44.0 Å². The SMILES string of the molecule is CC(=O)c1ccc(S(=O)(=O)NC2CCOC(C)(C)C2)cc1. The Kier molecular flexibility index (Phi) is 4.51. The Bertz CT molecular complexity index is 620. The van der Waals surface area contributed by atoms with E-state index in [2.05, 4.69) is 4.72 Å². The number of carbonyl (C=O) groups excluding carboxylic acids is 1. The molecule has 1 saturated heterocycles. The summed E-state index contributed by atoms with van der Waals surface area (Å²) in [4.78, 5) is 11.4. The first kappa shape index (κ1) is 16.1. The van der Waals surface area contributed by atoms with Crippen LogP contribution in [0.4, 0.5) is 0 Å². The molecule has 1 aromatic carbocycles. The van der Waals surface area contributed by atoms with E-state index in [9.17, 15) is 13.2 Å². The second-order valence-electron chi connectivity index (χ2n) is 6.00. The molecule has 0 spiro atoms. The predicted molar refractivity (Wildman–Crippen MR) is 79.8 cm³/mol. The summed E-state index contributed by atoms with van der Waals surface area (Å²) in [5.74, 6) is -0.0851. The quantitative estimate of drug-likeness (QED) is 0.865. The zero-order chi connectivity index (χ0) is 15.7. The average molecular weight is 311 g/mol. The van der Waals surface area contributed by atoms with Crippen molar-refractivity contribution in [3.8, 4) is 0 Å². The van der Waals surface area contributed by atoms with Crippen LogP contribution in [0.3, 0.4) is 0 Å². The Morgan fingerprint density at radius 1 is 1.29 bits per heavy atom. The molecule has 0 aromatic heterocycles. The van der Waals surface area contributed by atoms with Gasteiger partial charge >= 0.3 is 0 Å². The highest BCUT2D eigenvalue weighted by molar-refractivity contribution is 7.89. The molecule has 116 valence electrons. The lowest BCUT2D eigenvalue weighted by molar-refractivity contribution is -0.0599. The highest BCUT2D eigenvalue weighted by Crippen LogP contribution is 2.25. The molecule has 1 N–H and O–H groups in total. The number of sulfonamides is 1. The molecule has 1 fully saturated rings. The molecule has 0 radical (unpaired) electrons. The van der Waals surface area contributed by atoms with E-state index >= 15 is 0 Å². The standard InChI is InChI=1S/C15H21NO4S/c1-11(17)12-4-6-14(7-5-12)21(18,19)16-13-8-9-20-15(2,3)10-13/h4-7,13,16H,8-10H2,1-3H3. The number of ether oxygens (including phenoxy) is 1. The summed E-state index contributed by atoms with van der Waals surface area (Å²) in [7, 11) is -3.57. The monoisotopic (exact) mass is 311 g/mol. The fourth-order valence-electron chi connectivity index (χ4n) is 2.49. The van der Waals surface area contributed by atoms with E-state index < -0.39 is 10.0 Å². The first-order valence-electron chi connectivity index (χ1n) is 6.97. The number of Topliss-reactive ketones (excluding diaryl/α,β-unsaturated/α-hetero) is 1. The third kappa shape index (κ3) is 4.12. The third-order valence-corrected chi connectivity index (χ3v) is 5.13. The molecule has 6 heteroatoms. The number of benzene rings is 1. The van der Waals surface area contributed by atoms with Gasteiger partial charge in [-0.1, -0.05) is 12.1 Å². The van der Waals surface area contributed by atoms with Gasteiger partial charge in [-0.3, -0.25) is 4.79 Å². The van der Waals surface area contributed by atoms with Crippen molar-refractivity contribution >= 4 is 15.8 Å². The molecular weight excluding hydrogens is 290 g/mol. The van der Waals surface area contributed by atoms with Gasteiger partial charge in [0.1, 0.15) is 0 Å². The highest BCUT2D eigenvalue weighted by Gasteiger charge is 2.31. The molecule has 2 rings (SSSR count). The predicted octanol–water partition coefficient (Wildman–Crippen LogP) is 2.13. The molecule has 1 unspecified atom stereocenters. The first-order chi connectivity index (χ1) is 9.70. The zero-order valence-corrected chi connectivity index (χ0v) is 13.4. The van der Waals surface area contributed by atoms with Crippen LogP contribution >= 0.6 is 0 Å². The van der Waals surface area contributed by atoms with Crippen molar-refractivity contribution in [3.63, 3.8) is 0 Å². The van der Waals surface area contributed by atoms with Gasteiger partial charge in [-0.15, -0.1) is 0 Å². The lowest BCUT2D eigenvalue weighted by Crippen LogP contribution is -2.45. The van der Waals surface area contributed by atoms with Crippen molar-refractivity contribution in [2.45, 2.75) is 50.2 Å². The fourth-order valence-corrected chi connectivity index (χ4v) is 3.76. The second kappa shape index (κ2) is 5.87. The summed E-state index contributed by atoms with van der Waals surface area (Å²) in [5.41, 5.74) is 0.186. The Morgan fingerprint density at radius 3 is 2.43 bits per heavy atom. The highest BCUT2D eigenvalue weighted by atomic mass is 32.2. The number of ketones is 1. The van der Waals surface area contributed by atoms with Crippen LogP contribution in [0.15, 0.2) is 29.2 Å². The molecular formula is C15H21NO4S. The van der Waals surface area contributed by atoms with Crippen LogP contribution in [-0.4, -0.2) is 32.5 Å². The summed E-state index contributed by atoms with van der Waals surface area (Å²) in [6.45, 7) is 5.90. The smallest absolute Gasteiger partial charge is 0.240 e. The topological polar surface area (TPSA) is 72.5 Å². The van der Waals surface area contributed by atoms with Gasteiger partial charge in [-0.25, -0.2) is 13.1 Å². The average Bonchev–Trinajstić information content (AvgIpc) is 2.37. The van der Waals surface area contributed by atoms with Crippen molar-refractivity contribution in [1.82, 2.24) is 4.72 Å². The maximum atomic E-state index is 12.4. The van der Waals surface area contributed by atoms with E-state index in [0.29, 0.717) is 25.0 Å². The van der Waals surface area contributed by atoms with E-state index in [1.807, 2.05) is 13.8 Å². The maximum absolute atomic E-state index is 12.4. The molecule has 1 aliphatic heterocycles. The number of carbonyl (C=O) groups is 1. The van der Waals surface area contributed by atoms with Gasteiger partial charge in [0.2, 0.25) is 10.0 Å². The van der Waals surface area contributed by atoms with Crippen molar-refractivity contribution in [3.05, 3.63) is 29.8 Å². The zero-order valence-electron chi connectivity index (χ0n) is 12.5. The summed E-state index contributed by atoms with van der Waals surface area (Å²) in [5, 5.41) is 0. The number of nitrogens with one attached hydrogen (secondary N) is 1. The third-order valence-electron chi connectivity index (χ3n) is 3.59. The maximum Gasteiger partial charge on any atom is 0.240 e. The lowest BCUT2D eigenvalue weighted by Gasteiger charge is -2.35. The Labute approximate surface area is 125 Å². The van der Waals surface area contributed by atoms with Gasteiger partial charge in [0.05, 0.1) is 10.5 Å². The van der Waals surface area contributed by atoms with Crippen molar-refractivity contribution in [1.29, 1.82) is 0 Å². The van der Waals surface area contributed by atoms with Crippen molar-refractivity contribution in [2.24, 2.45) is 0 Å². The van der Waals surface area contributed by atoms with Gasteiger partial charge in [0.15, 0.2) is 5.78 Å². The van der Waals surface area contributed by atoms with E-state index in [-0.39, 0.29) is 22.3 Å². The number of hydrogen-bond donors (Lipinski definition) is 1. The number of hydrogen-bond acceptors (Lipinski definition) is 4. The molecule has 0 amide bonds. The molecule has 1 atom stereocenters. The van der Waals surface area contributed by atoms with Crippen LogP contribution in [0.5, 0.6) is 0 Å². The van der Waals surface area contributed by atoms with E-state index in [1.54, 1.807) is 0 Å². The lowest BCUT2D eigenvalue weighted by atomic mass is 9.95. The minimum absolute atomic E-state index is 0.0851. The summed E-state index contributed by atoms with van der Waals surface area (Å²) < 4.78 is 33.0. The van der Waals surface area contributed by atoms with Crippen LogP contribution in [0, 0.1) is 0 Å². The summed E-state index contributed by atoms with van der Waals surface area (Å²) in [6.07, 6.45) is 1.30. The molecule has 0 saturated carbocycles. The minimum Gasteiger partial charge on any atom is -0.375 e. The summed E-state index contributed by atoms with van der Waals surface area (Å²) >= 11 is 0. The fraction of sp³-hybridized carbons (Fsp3) is 0.533. The van der Waals surface area contributed by atoms with Crippen LogP contribution < -0.4 is 4.72 Å². The molecule has 5 nitrogen and oxygen atoms in total. The molecule has 1 aliphatic rings. The van der Waals surface area contributed by atoms with E-state index in [4.69, 9.17) is 4.74 Å². The van der Waals surface area contributed by atoms with Gasteiger partial charge in [-0.2, -0.15) is 0 Å². The molecule has 0 aliphatic carbocycles. The minimum atomic E-state index is -3.57. The normalized spacial score (nSPS) is 22.0. The van der Waals surface area contributed by atoms with Crippen LogP contribution in [0.25, 0.3) is 0 Å². The van der Waals surface area contributed by atoms with Gasteiger partial charge in [-0.05, 0) is 45.7 Å². The first-order valence-corrected chi connectivity index (χ1v) is 8.45. The Hall–Kier alpha value is -1.24. The van der Waals surface area contributed by atoms with Gasteiger partial charge in [0.25, 0.3) is 0 Å².